The van der Waals surface area contributed by atoms with Crippen LogP contribution in [0.5, 0.6) is 5.75 Å². The number of aryl methyl sites for hydroxylation is 1. The molecule has 1 aliphatic rings. The Bertz CT molecular complexity index is 620. The smallest absolute Gasteiger partial charge is 0.122 e. The summed E-state index contributed by atoms with van der Waals surface area (Å²) in [7, 11) is 0. The Morgan fingerprint density at radius 2 is 2.24 bits per heavy atom. The van der Waals surface area contributed by atoms with E-state index >= 15 is 0 Å². The van der Waals surface area contributed by atoms with Crippen LogP contribution < -0.4 is 10.1 Å². The molecule has 0 saturated carbocycles. The van der Waals surface area contributed by atoms with Crippen molar-refractivity contribution < 1.29 is 4.74 Å². The molecule has 2 aromatic rings. The van der Waals surface area contributed by atoms with Crippen LogP contribution in [0.4, 0.5) is 0 Å². The molecule has 0 saturated heterocycles. The van der Waals surface area contributed by atoms with Crippen LogP contribution in [0.2, 0.25) is 0 Å². The zero-order chi connectivity index (χ0) is 14.8. The van der Waals surface area contributed by atoms with E-state index in [0.717, 1.165) is 25.3 Å². The zero-order valence-electron chi connectivity index (χ0n) is 13.0. The number of aromatic nitrogens is 2. The van der Waals surface area contributed by atoms with Crippen LogP contribution in [0.25, 0.3) is 0 Å². The van der Waals surface area contributed by atoms with Crippen molar-refractivity contribution in [3.05, 3.63) is 47.3 Å². The highest BCUT2D eigenvalue weighted by Crippen LogP contribution is 2.25. The highest BCUT2D eigenvalue weighted by molar-refractivity contribution is 5.39. The largest absolute Gasteiger partial charge is 0.493 e. The lowest BCUT2D eigenvalue weighted by molar-refractivity contribution is 0.356. The van der Waals surface area contributed by atoms with Crippen LogP contribution in [-0.2, 0) is 13.0 Å². The first-order chi connectivity index (χ1) is 10.1. The van der Waals surface area contributed by atoms with Crippen LogP contribution >= 0.6 is 0 Å². The first-order valence-corrected chi connectivity index (χ1v) is 7.62. The van der Waals surface area contributed by atoms with Crippen LogP contribution in [-0.4, -0.2) is 22.4 Å². The van der Waals surface area contributed by atoms with E-state index in [1.54, 1.807) is 0 Å². The quantitative estimate of drug-likeness (QED) is 0.918. The fourth-order valence-corrected chi connectivity index (χ4v) is 2.68. The van der Waals surface area contributed by atoms with Crippen molar-refractivity contribution in [2.24, 2.45) is 0 Å². The molecule has 3 rings (SSSR count). The monoisotopic (exact) mass is 285 g/mol. The number of nitrogens with one attached hydrogen (secondary N) is 1. The highest BCUT2D eigenvalue weighted by Gasteiger charge is 2.15. The van der Waals surface area contributed by atoms with Crippen molar-refractivity contribution in [3.63, 3.8) is 0 Å². The topological polar surface area (TPSA) is 39.1 Å². The van der Waals surface area contributed by atoms with Crippen LogP contribution in [0.1, 0.15) is 36.6 Å². The van der Waals surface area contributed by atoms with Crippen molar-refractivity contribution >= 4 is 0 Å². The second kappa shape index (κ2) is 5.90. The van der Waals surface area contributed by atoms with Crippen molar-refractivity contribution in [2.45, 2.75) is 45.8 Å². The molecular weight excluding hydrogens is 262 g/mol. The van der Waals surface area contributed by atoms with Gasteiger partial charge in [0, 0.05) is 25.2 Å². The molecule has 0 radical (unpaired) electrons. The van der Waals surface area contributed by atoms with Crippen molar-refractivity contribution in [1.82, 2.24) is 15.1 Å². The number of hydrogen-bond acceptors (Lipinski definition) is 3. The Balaban J connectivity index is 1.59. The second-order valence-corrected chi connectivity index (χ2v) is 5.95. The Morgan fingerprint density at radius 1 is 1.38 bits per heavy atom. The molecule has 1 aromatic heterocycles. The first-order valence-electron chi connectivity index (χ1n) is 7.62. The van der Waals surface area contributed by atoms with Gasteiger partial charge in [0.2, 0.25) is 0 Å². The molecular formula is C17H23N3O. The van der Waals surface area contributed by atoms with Crippen LogP contribution in [0.15, 0.2) is 30.6 Å². The van der Waals surface area contributed by atoms with E-state index in [4.69, 9.17) is 4.74 Å². The number of benzene rings is 1. The average molecular weight is 285 g/mol. The minimum absolute atomic E-state index is 0.330. The Labute approximate surface area is 126 Å². The van der Waals surface area contributed by atoms with Gasteiger partial charge in [0.15, 0.2) is 0 Å². The van der Waals surface area contributed by atoms with Gasteiger partial charge in [-0.05, 0) is 43.5 Å². The lowest BCUT2D eigenvalue weighted by Gasteiger charge is -2.22. The lowest BCUT2D eigenvalue weighted by atomic mass is 10.1. The molecule has 1 N–H and O–H groups in total. The zero-order valence-corrected chi connectivity index (χ0v) is 13.0. The fraction of sp³-hybridized carbons (Fsp3) is 0.471. The predicted molar refractivity (Wildman–Crippen MR) is 83.6 cm³/mol. The minimum Gasteiger partial charge on any atom is -0.493 e. The molecule has 0 unspecified atom stereocenters. The summed E-state index contributed by atoms with van der Waals surface area (Å²) in [6.07, 6.45) is 5.03. The van der Waals surface area contributed by atoms with Gasteiger partial charge in [0.1, 0.15) is 5.75 Å². The van der Waals surface area contributed by atoms with E-state index in [-0.39, 0.29) is 0 Å². The molecule has 0 spiro atoms. The summed E-state index contributed by atoms with van der Waals surface area (Å²) in [5, 5.41) is 8.00. The van der Waals surface area contributed by atoms with Crippen LogP contribution in [0.3, 0.4) is 0 Å². The molecule has 0 aliphatic carbocycles. The molecule has 1 aromatic carbocycles. The molecule has 0 bridgehead atoms. The van der Waals surface area contributed by atoms with E-state index in [2.05, 4.69) is 55.6 Å². The molecule has 0 fully saturated rings. The maximum absolute atomic E-state index is 5.55. The predicted octanol–water partition coefficient (Wildman–Crippen LogP) is 2.87. The third-order valence-electron chi connectivity index (χ3n) is 4.25. The van der Waals surface area contributed by atoms with Gasteiger partial charge in [0.25, 0.3) is 0 Å². The maximum Gasteiger partial charge on any atom is 0.122 e. The van der Waals surface area contributed by atoms with Crippen LogP contribution in [0, 0.1) is 6.92 Å². The van der Waals surface area contributed by atoms with Gasteiger partial charge in [-0.25, -0.2) is 0 Å². The summed E-state index contributed by atoms with van der Waals surface area (Å²) >= 11 is 0. The van der Waals surface area contributed by atoms with Crippen molar-refractivity contribution in [1.29, 1.82) is 0 Å². The third-order valence-corrected chi connectivity index (χ3v) is 4.25. The molecule has 2 heterocycles. The van der Waals surface area contributed by atoms with E-state index in [9.17, 15) is 0 Å². The van der Waals surface area contributed by atoms with E-state index in [0.29, 0.717) is 12.1 Å². The molecule has 21 heavy (non-hydrogen) atoms. The van der Waals surface area contributed by atoms with Gasteiger partial charge in [-0.1, -0.05) is 12.1 Å². The Morgan fingerprint density at radius 3 is 3.00 bits per heavy atom. The molecule has 2 atom stereocenters. The van der Waals surface area contributed by atoms with Gasteiger partial charge < -0.3 is 10.1 Å². The SMILES string of the molecule is Cc1cnn([C@H](C)[C@H](C)NCc2ccc3c(c2)CCO3)c1. The number of nitrogens with zero attached hydrogens (tertiary/aromatic N) is 2. The normalized spacial score (nSPS) is 16.3. The third kappa shape index (κ3) is 3.10. The van der Waals surface area contributed by atoms with E-state index in [1.807, 2.05) is 10.9 Å². The maximum atomic E-state index is 5.55. The van der Waals surface area contributed by atoms with E-state index in [1.165, 1.54) is 16.7 Å². The molecule has 0 amide bonds. The van der Waals surface area contributed by atoms with Gasteiger partial charge >= 0.3 is 0 Å². The molecule has 4 heteroatoms. The summed E-state index contributed by atoms with van der Waals surface area (Å²) < 4.78 is 7.58. The number of fused-ring (bicyclic) bond motifs is 1. The molecule has 112 valence electrons. The van der Waals surface area contributed by atoms with E-state index < -0.39 is 0 Å². The number of ether oxygens (including phenoxy) is 1. The Hall–Kier alpha value is -1.81. The first kappa shape index (κ1) is 14.1. The number of hydrogen-bond donors (Lipinski definition) is 1. The average Bonchev–Trinajstić information content (AvgIpc) is 3.11. The fourth-order valence-electron chi connectivity index (χ4n) is 2.68. The summed E-state index contributed by atoms with van der Waals surface area (Å²) in [5.41, 5.74) is 3.85. The number of rotatable bonds is 5. The minimum atomic E-state index is 0.330. The summed E-state index contributed by atoms with van der Waals surface area (Å²) in [5.74, 6) is 1.05. The Kier molecular flexibility index (Phi) is 3.97. The summed E-state index contributed by atoms with van der Waals surface area (Å²) in [6.45, 7) is 8.16. The van der Waals surface area contributed by atoms with Gasteiger partial charge in [-0.3, -0.25) is 4.68 Å². The lowest BCUT2D eigenvalue weighted by Crippen LogP contribution is -2.33. The second-order valence-electron chi connectivity index (χ2n) is 5.95. The molecule has 4 nitrogen and oxygen atoms in total. The van der Waals surface area contributed by atoms with Crippen molar-refractivity contribution in [3.8, 4) is 5.75 Å². The van der Waals surface area contributed by atoms with Gasteiger partial charge in [-0.2, -0.15) is 5.10 Å². The molecule has 1 aliphatic heterocycles. The summed E-state index contributed by atoms with van der Waals surface area (Å²) in [6, 6.07) is 7.17. The van der Waals surface area contributed by atoms with Crippen molar-refractivity contribution in [2.75, 3.05) is 6.61 Å². The standard InChI is InChI=1S/C17H23N3O/c1-12-9-19-20(11-12)14(3)13(2)18-10-15-4-5-17-16(8-15)6-7-21-17/h4-5,8-9,11,13-14,18H,6-7,10H2,1-3H3/t13-,14+/m0/s1. The highest BCUT2D eigenvalue weighted by atomic mass is 16.5. The summed E-state index contributed by atoms with van der Waals surface area (Å²) in [4.78, 5) is 0. The van der Waals surface area contributed by atoms with Gasteiger partial charge in [-0.15, -0.1) is 0 Å². The van der Waals surface area contributed by atoms with Gasteiger partial charge in [0.05, 0.1) is 18.8 Å².